The fraction of sp³-hybridized carbons (Fsp3) is 0.0698. The van der Waals surface area contributed by atoms with Crippen LogP contribution in [0.4, 0.5) is 0 Å². The molecule has 0 bridgehead atoms. The van der Waals surface area contributed by atoms with Crippen LogP contribution in [0.25, 0.3) is 71.8 Å². The molecule has 0 aliphatic heterocycles. The van der Waals surface area contributed by atoms with Crippen LogP contribution in [-0.4, -0.2) is 24.5 Å². The quantitative estimate of drug-likeness (QED) is 0.198. The summed E-state index contributed by atoms with van der Waals surface area (Å²) in [5.41, 5.74) is 11.7. The van der Waals surface area contributed by atoms with E-state index in [1.54, 1.807) is 12.4 Å². The van der Waals surface area contributed by atoms with Gasteiger partial charge in [-0.1, -0.05) is 103 Å². The summed E-state index contributed by atoms with van der Waals surface area (Å²) in [6.45, 7) is 0. The minimum atomic E-state index is 0.00127. The molecule has 3 aromatic heterocycles. The predicted molar refractivity (Wildman–Crippen MR) is 194 cm³/mol. The number of hydrogen-bond donors (Lipinski definition) is 0. The van der Waals surface area contributed by atoms with E-state index in [1.165, 1.54) is 49.3 Å². The lowest BCUT2D eigenvalue weighted by Crippen LogP contribution is -2.09. The topological polar surface area (TPSA) is 56.5 Å². The van der Waals surface area contributed by atoms with Crippen molar-refractivity contribution in [3.8, 4) is 28.1 Å². The molecule has 0 saturated heterocycles. The molecule has 0 N–H and O–H groups in total. The van der Waals surface area contributed by atoms with E-state index in [1.807, 2.05) is 0 Å². The van der Waals surface area contributed by atoms with Crippen molar-refractivity contribution in [3.63, 3.8) is 0 Å². The Balaban J connectivity index is 1.18. The van der Waals surface area contributed by atoms with Gasteiger partial charge >= 0.3 is 0 Å². The van der Waals surface area contributed by atoms with Crippen molar-refractivity contribution in [2.45, 2.75) is 18.8 Å². The Hall–Kier alpha value is -6.20. The van der Waals surface area contributed by atoms with Crippen LogP contribution < -0.4 is 0 Å². The van der Waals surface area contributed by atoms with Crippen molar-refractivity contribution in [1.82, 2.24) is 24.5 Å². The lowest BCUT2D eigenvalue weighted by molar-refractivity contribution is 0.684. The van der Waals surface area contributed by atoms with E-state index >= 15 is 0 Å². The van der Waals surface area contributed by atoms with Gasteiger partial charge in [0.15, 0.2) is 5.65 Å². The van der Waals surface area contributed by atoms with Gasteiger partial charge in [0.2, 0.25) is 0 Å². The van der Waals surface area contributed by atoms with E-state index in [0.29, 0.717) is 11.2 Å². The highest BCUT2D eigenvalue weighted by atomic mass is 15.0. The molecule has 226 valence electrons. The van der Waals surface area contributed by atoms with Crippen LogP contribution in [0.3, 0.4) is 0 Å². The van der Waals surface area contributed by atoms with Crippen molar-refractivity contribution in [2.75, 3.05) is 0 Å². The maximum Gasteiger partial charge on any atom is 0.182 e. The molecule has 0 amide bonds. The second kappa shape index (κ2) is 10.7. The van der Waals surface area contributed by atoms with E-state index in [2.05, 4.69) is 138 Å². The Morgan fingerprint density at radius 3 is 2.25 bits per heavy atom. The lowest BCUT2D eigenvalue weighted by Gasteiger charge is -2.18. The predicted octanol–water partition coefficient (Wildman–Crippen LogP) is 10.1. The summed E-state index contributed by atoms with van der Waals surface area (Å²) in [5, 5.41) is 4.95. The molecular formula is C43H29N5. The summed E-state index contributed by atoms with van der Waals surface area (Å²) < 4.78 is 2.34. The second-order valence-electron chi connectivity index (χ2n) is 12.6. The molecule has 0 saturated carbocycles. The molecule has 1 unspecified atom stereocenters. The van der Waals surface area contributed by atoms with E-state index in [0.717, 1.165) is 41.1 Å². The molecule has 5 nitrogen and oxygen atoms in total. The van der Waals surface area contributed by atoms with E-state index in [4.69, 9.17) is 19.9 Å². The van der Waals surface area contributed by atoms with Gasteiger partial charge in [-0.2, -0.15) is 0 Å². The summed E-state index contributed by atoms with van der Waals surface area (Å²) >= 11 is 0. The number of aromatic nitrogens is 5. The third-order valence-corrected chi connectivity index (χ3v) is 9.92. The molecule has 0 radical (unpaired) electrons. The summed E-state index contributed by atoms with van der Waals surface area (Å²) in [7, 11) is 0. The van der Waals surface area contributed by atoms with Crippen molar-refractivity contribution in [1.29, 1.82) is 0 Å². The van der Waals surface area contributed by atoms with Gasteiger partial charge in [-0.25, -0.2) is 19.9 Å². The van der Waals surface area contributed by atoms with Gasteiger partial charge in [0.05, 0.1) is 11.0 Å². The number of hydrogen-bond acceptors (Lipinski definition) is 4. The fourth-order valence-corrected chi connectivity index (χ4v) is 7.73. The molecule has 0 fully saturated rings. The lowest BCUT2D eigenvalue weighted by atomic mass is 9.90. The summed E-state index contributed by atoms with van der Waals surface area (Å²) in [4.78, 5) is 20.0. The van der Waals surface area contributed by atoms with Crippen molar-refractivity contribution in [3.05, 3.63) is 163 Å². The van der Waals surface area contributed by atoms with Gasteiger partial charge in [-0.15, -0.1) is 0 Å². The molecular weight excluding hydrogens is 587 g/mol. The Kier molecular flexibility index (Phi) is 6.00. The number of benzene rings is 6. The van der Waals surface area contributed by atoms with E-state index in [-0.39, 0.29) is 5.92 Å². The number of rotatable bonds is 3. The van der Waals surface area contributed by atoms with E-state index < -0.39 is 0 Å². The zero-order valence-corrected chi connectivity index (χ0v) is 26.1. The highest BCUT2D eigenvalue weighted by Gasteiger charge is 2.27. The van der Waals surface area contributed by atoms with Gasteiger partial charge in [0, 0.05) is 40.3 Å². The third-order valence-electron chi connectivity index (χ3n) is 9.92. The molecule has 1 aliphatic carbocycles. The summed E-state index contributed by atoms with van der Waals surface area (Å²) in [5.74, 6) is 0.785. The molecule has 5 heteroatoms. The number of aryl methyl sites for hydroxylation is 1. The maximum absolute atomic E-state index is 5.39. The van der Waals surface area contributed by atoms with Gasteiger partial charge in [-0.05, 0) is 76.2 Å². The first-order valence-electron chi connectivity index (χ1n) is 16.5. The van der Waals surface area contributed by atoms with Crippen LogP contribution in [0.5, 0.6) is 0 Å². The normalized spacial score (nSPS) is 14.3. The smallest absolute Gasteiger partial charge is 0.182 e. The van der Waals surface area contributed by atoms with Crippen LogP contribution in [0.2, 0.25) is 0 Å². The van der Waals surface area contributed by atoms with Crippen LogP contribution in [0.1, 0.15) is 29.3 Å². The number of nitrogens with zero attached hydrogens (tertiary/aromatic N) is 5. The first-order chi connectivity index (χ1) is 23.8. The summed E-state index contributed by atoms with van der Waals surface area (Å²) in [6, 6.07) is 47.9. The average molecular weight is 616 g/mol. The highest BCUT2D eigenvalue weighted by Crippen LogP contribution is 2.43. The largest absolute Gasteiger partial charge is 0.309 e. The van der Waals surface area contributed by atoms with Crippen LogP contribution in [0, 0.1) is 0 Å². The minimum Gasteiger partial charge on any atom is -0.309 e. The molecule has 10 rings (SSSR count). The third kappa shape index (κ3) is 4.17. The van der Waals surface area contributed by atoms with E-state index in [9.17, 15) is 0 Å². The standard InChI is InChI=1S/C43H29N5/c1-2-12-31(13-3-1)48-38-17-9-8-16-34(38)35-20-19-30(26-39(35)48)40-41-43(45-23-22-44-41)47-42(46-40)36-21-18-29-24-27-10-4-5-11-28(27)25-37(29)33-15-7-6-14-32(33)36/h1-17,19-20,22-26,36H,18,21H2. The number of para-hydroxylation sites is 2. The zero-order valence-electron chi connectivity index (χ0n) is 26.1. The van der Waals surface area contributed by atoms with Crippen LogP contribution in [0.15, 0.2) is 146 Å². The summed E-state index contributed by atoms with van der Waals surface area (Å²) in [6.07, 6.45) is 5.28. The van der Waals surface area contributed by atoms with Gasteiger partial charge in [0.1, 0.15) is 17.0 Å². The maximum atomic E-state index is 5.39. The van der Waals surface area contributed by atoms with Crippen LogP contribution in [-0.2, 0) is 6.42 Å². The molecule has 3 heterocycles. The van der Waals surface area contributed by atoms with Gasteiger partial charge in [0.25, 0.3) is 0 Å². The second-order valence-corrected chi connectivity index (χ2v) is 12.6. The Morgan fingerprint density at radius 2 is 1.33 bits per heavy atom. The molecule has 1 atom stereocenters. The van der Waals surface area contributed by atoms with Crippen LogP contribution >= 0.6 is 0 Å². The first-order valence-corrected chi connectivity index (χ1v) is 16.5. The highest BCUT2D eigenvalue weighted by molar-refractivity contribution is 6.10. The average Bonchev–Trinajstić information content (AvgIpc) is 3.39. The Morgan fingerprint density at radius 1 is 0.583 bits per heavy atom. The van der Waals surface area contributed by atoms with Crippen molar-refractivity contribution >= 4 is 43.7 Å². The SMILES string of the molecule is c1ccc(-n2c3ccccc3c3ccc(-c4nc(C5CCc6cc7ccccc7cc6-c6ccccc65)nc5nccnc45)cc32)cc1. The van der Waals surface area contributed by atoms with Crippen molar-refractivity contribution < 1.29 is 0 Å². The Bertz CT molecular complexity index is 2690. The Labute approximate surface area is 277 Å². The monoisotopic (exact) mass is 615 g/mol. The molecule has 48 heavy (non-hydrogen) atoms. The molecule has 9 aromatic rings. The molecule has 1 aliphatic rings. The van der Waals surface area contributed by atoms with Gasteiger partial charge < -0.3 is 4.57 Å². The van der Waals surface area contributed by atoms with Crippen molar-refractivity contribution in [2.24, 2.45) is 0 Å². The molecule has 0 spiro atoms. The van der Waals surface area contributed by atoms with Gasteiger partial charge in [-0.3, -0.25) is 0 Å². The first kappa shape index (κ1) is 27.0. The fourth-order valence-electron chi connectivity index (χ4n) is 7.73. The molecule has 6 aromatic carbocycles. The minimum absolute atomic E-state index is 0.00127. The zero-order chi connectivity index (χ0) is 31.6. The number of fused-ring (bicyclic) bond motifs is 8.